The van der Waals surface area contributed by atoms with Gasteiger partial charge in [-0.2, -0.15) is 0 Å². The van der Waals surface area contributed by atoms with Crippen molar-refractivity contribution in [1.29, 1.82) is 0 Å². The summed E-state index contributed by atoms with van der Waals surface area (Å²) in [5.74, 6) is 0.0436. The second-order valence-electron chi connectivity index (χ2n) is 4.36. The molecule has 1 heterocycles. The summed E-state index contributed by atoms with van der Waals surface area (Å²) in [4.78, 5) is 15.0. The second-order valence-corrected chi connectivity index (χ2v) is 5.01. The van der Waals surface area contributed by atoms with Crippen molar-refractivity contribution in [3.05, 3.63) is 29.8 Å². The Morgan fingerprint density at radius 2 is 2.44 bits per heavy atom. The van der Waals surface area contributed by atoms with Gasteiger partial charge in [-0.05, 0) is 38.1 Å². The first-order valence-corrected chi connectivity index (χ1v) is 6.96. The number of hydrogen-bond donors (Lipinski definition) is 2. The summed E-state index contributed by atoms with van der Waals surface area (Å²) in [6.07, 6.45) is 1.01. The molecule has 1 aliphatic heterocycles. The van der Waals surface area contributed by atoms with E-state index < -0.39 is 0 Å². The predicted octanol–water partition coefficient (Wildman–Crippen LogP) is 2.08. The van der Waals surface area contributed by atoms with Crippen LogP contribution in [0, 0.1) is 0 Å². The summed E-state index contributed by atoms with van der Waals surface area (Å²) >= 11 is 0.669. The van der Waals surface area contributed by atoms with Gasteiger partial charge in [0.15, 0.2) is 0 Å². The van der Waals surface area contributed by atoms with Gasteiger partial charge in [-0.25, -0.2) is 0 Å². The minimum absolute atomic E-state index is 0.0436. The highest BCUT2D eigenvalue weighted by molar-refractivity contribution is 7.93. The first kappa shape index (κ1) is 13.4. The monoisotopic (exact) mass is 266 g/mol. The fourth-order valence-electron chi connectivity index (χ4n) is 2.32. The van der Waals surface area contributed by atoms with Gasteiger partial charge in [-0.15, -0.1) is 0 Å². The maximum absolute atomic E-state index is 12.4. The van der Waals surface area contributed by atoms with Gasteiger partial charge >= 0.3 is 0 Å². The van der Waals surface area contributed by atoms with Crippen LogP contribution in [0.4, 0.5) is 0 Å². The molecule has 0 aromatic heterocycles. The smallest absolute Gasteiger partial charge is 0.254 e. The van der Waals surface area contributed by atoms with E-state index in [0.717, 1.165) is 19.5 Å². The lowest BCUT2D eigenvalue weighted by atomic mass is 10.1. The molecule has 0 bridgehead atoms. The maximum atomic E-state index is 12.4. The molecule has 0 spiro atoms. The molecule has 98 valence electrons. The summed E-state index contributed by atoms with van der Waals surface area (Å²) in [5, 5.41) is 3.28. The molecule has 0 aliphatic carbocycles. The van der Waals surface area contributed by atoms with E-state index in [-0.39, 0.29) is 11.9 Å². The number of nitrogens with zero attached hydrogens (tertiary/aromatic N) is 1. The Balaban J connectivity index is 2.16. The van der Waals surface area contributed by atoms with Gasteiger partial charge in [-0.1, -0.05) is 6.07 Å². The van der Waals surface area contributed by atoms with Crippen LogP contribution < -0.4 is 5.32 Å². The molecule has 1 fully saturated rings. The van der Waals surface area contributed by atoms with Crippen LogP contribution >= 0.6 is 12.0 Å². The van der Waals surface area contributed by atoms with Crippen LogP contribution in [-0.2, 0) is 0 Å². The molecule has 4 nitrogen and oxygen atoms in total. The summed E-state index contributed by atoms with van der Waals surface area (Å²) < 4.78 is 9.03. The molecule has 1 saturated heterocycles. The lowest BCUT2D eigenvalue weighted by Crippen LogP contribution is -2.41. The van der Waals surface area contributed by atoms with E-state index in [2.05, 4.69) is 5.32 Å². The molecule has 2 N–H and O–H groups in total. The van der Waals surface area contributed by atoms with Gasteiger partial charge in [0.05, 0.1) is 0 Å². The van der Waals surface area contributed by atoms with Crippen LogP contribution in [0.3, 0.4) is 0 Å². The molecule has 5 heteroatoms. The normalized spacial score (nSPS) is 18.9. The largest absolute Gasteiger partial charge is 0.335 e. The highest BCUT2D eigenvalue weighted by Gasteiger charge is 2.25. The molecule has 0 unspecified atom stereocenters. The fraction of sp³-hybridized carbons (Fsp3) is 0.462. The first-order chi connectivity index (χ1) is 8.76. The molecular formula is C13H18N2O2S. The summed E-state index contributed by atoms with van der Waals surface area (Å²) in [7, 11) is 0. The van der Waals surface area contributed by atoms with E-state index in [4.69, 9.17) is 4.55 Å². The summed E-state index contributed by atoms with van der Waals surface area (Å²) in [5.41, 5.74) is 0.641. The molecule has 1 aromatic carbocycles. The first-order valence-electron chi connectivity index (χ1n) is 6.19. The third kappa shape index (κ3) is 2.85. The average molecular weight is 266 g/mol. The zero-order chi connectivity index (χ0) is 13.0. The molecule has 0 saturated carbocycles. The van der Waals surface area contributed by atoms with Gasteiger partial charge in [0.1, 0.15) is 0 Å². The Labute approximate surface area is 112 Å². The third-order valence-electron chi connectivity index (χ3n) is 3.26. The Morgan fingerprint density at radius 1 is 1.61 bits per heavy atom. The Morgan fingerprint density at radius 3 is 3.06 bits per heavy atom. The van der Waals surface area contributed by atoms with E-state index >= 15 is 0 Å². The highest BCUT2D eigenvalue weighted by atomic mass is 32.2. The minimum Gasteiger partial charge on any atom is -0.335 e. The summed E-state index contributed by atoms with van der Waals surface area (Å²) in [6.45, 7) is 4.55. The van der Waals surface area contributed by atoms with Crippen molar-refractivity contribution in [2.24, 2.45) is 0 Å². The number of carbonyl (C=O) groups excluding carboxylic acids is 1. The number of amides is 1. The third-order valence-corrected chi connectivity index (χ3v) is 3.73. The zero-order valence-corrected chi connectivity index (χ0v) is 11.2. The number of benzene rings is 1. The number of likely N-dealkylation sites (N-methyl/N-ethyl adjacent to an activating group) is 1. The Kier molecular flexibility index (Phi) is 4.63. The van der Waals surface area contributed by atoms with Crippen molar-refractivity contribution in [2.75, 3.05) is 19.6 Å². The number of rotatable bonds is 4. The lowest BCUT2D eigenvalue weighted by molar-refractivity contribution is 0.0703. The zero-order valence-electron chi connectivity index (χ0n) is 10.4. The van der Waals surface area contributed by atoms with Gasteiger partial charge in [0, 0.05) is 41.6 Å². The molecule has 2 rings (SSSR count). The SMILES string of the molecule is CCN(C(=O)c1cccc(SO)c1)[C@H]1CCNC1. The van der Waals surface area contributed by atoms with Crippen LogP contribution in [0.15, 0.2) is 29.2 Å². The van der Waals surface area contributed by atoms with Crippen molar-refractivity contribution >= 4 is 17.9 Å². The molecule has 1 aromatic rings. The molecule has 0 radical (unpaired) electrons. The standard InChI is InChI=1S/C13H18N2O2S/c1-2-15(11-6-7-14-9-11)13(16)10-4-3-5-12(8-10)18-17/h3-5,8,11,14,17H,2,6-7,9H2,1H3/t11-/m0/s1. The lowest BCUT2D eigenvalue weighted by Gasteiger charge is -2.27. The Bertz CT molecular complexity index is 419. The van der Waals surface area contributed by atoms with Crippen LogP contribution in [0.1, 0.15) is 23.7 Å². The number of nitrogens with one attached hydrogen (secondary N) is 1. The van der Waals surface area contributed by atoms with E-state index in [9.17, 15) is 4.79 Å². The molecule has 1 atom stereocenters. The van der Waals surface area contributed by atoms with E-state index in [0.29, 0.717) is 29.0 Å². The van der Waals surface area contributed by atoms with E-state index in [1.807, 2.05) is 11.8 Å². The summed E-state index contributed by atoms with van der Waals surface area (Å²) in [6, 6.07) is 7.40. The van der Waals surface area contributed by atoms with Crippen molar-refractivity contribution < 1.29 is 9.35 Å². The quantitative estimate of drug-likeness (QED) is 0.819. The van der Waals surface area contributed by atoms with Crippen LogP contribution in [0.2, 0.25) is 0 Å². The van der Waals surface area contributed by atoms with Crippen molar-refractivity contribution in [2.45, 2.75) is 24.3 Å². The highest BCUT2D eigenvalue weighted by Crippen LogP contribution is 2.18. The van der Waals surface area contributed by atoms with Gasteiger partial charge in [0.2, 0.25) is 0 Å². The maximum Gasteiger partial charge on any atom is 0.254 e. The number of carbonyl (C=O) groups is 1. The average Bonchev–Trinajstić information content (AvgIpc) is 2.93. The molecule has 1 amide bonds. The predicted molar refractivity (Wildman–Crippen MR) is 72.9 cm³/mol. The van der Waals surface area contributed by atoms with Crippen LogP contribution in [0.25, 0.3) is 0 Å². The van der Waals surface area contributed by atoms with Crippen LogP contribution in [0.5, 0.6) is 0 Å². The van der Waals surface area contributed by atoms with Gasteiger partial charge in [0.25, 0.3) is 5.91 Å². The Hall–Kier alpha value is -1.04. The number of hydrogen-bond acceptors (Lipinski definition) is 4. The van der Waals surface area contributed by atoms with Crippen LogP contribution in [-0.4, -0.2) is 41.0 Å². The molecule has 18 heavy (non-hydrogen) atoms. The second kappa shape index (κ2) is 6.22. The van der Waals surface area contributed by atoms with E-state index in [1.54, 1.807) is 24.3 Å². The van der Waals surface area contributed by atoms with Crippen molar-refractivity contribution in [1.82, 2.24) is 10.2 Å². The topological polar surface area (TPSA) is 52.6 Å². The van der Waals surface area contributed by atoms with Gasteiger partial charge < -0.3 is 14.8 Å². The van der Waals surface area contributed by atoms with Gasteiger partial charge in [-0.3, -0.25) is 4.79 Å². The fourth-order valence-corrected chi connectivity index (χ4v) is 2.64. The van der Waals surface area contributed by atoms with E-state index in [1.165, 1.54) is 0 Å². The minimum atomic E-state index is 0.0436. The van der Waals surface area contributed by atoms with Crippen molar-refractivity contribution in [3.8, 4) is 0 Å². The van der Waals surface area contributed by atoms with Crippen molar-refractivity contribution in [3.63, 3.8) is 0 Å². The molecular weight excluding hydrogens is 248 g/mol. The molecule has 1 aliphatic rings.